The molecule has 2 bridgehead atoms. The summed E-state index contributed by atoms with van der Waals surface area (Å²) >= 11 is 0. The maximum absolute atomic E-state index is 12.5. The maximum atomic E-state index is 12.5. The monoisotopic (exact) mass is 642 g/mol. The lowest BCUT2D eigenvalue weighted by Gasteiger charge is -2.64. The molecule has 0 unspecified atom stereocenters. The summed E-state index contributed by atoms with van der Waals surface area (Å²) in [6.45, 7) is 7.33. The Morgan fingerprint density at radius 3 is 2.11 bits per heavy atom. The van der Waals surface area contributed by atoms with E-state index in [1.54, 1.807) is 0 Å². The molecule has 0 aromatic heterocycles. The van der Waals surface area contributed by atoms with Crippen LogP contribution in [0.15, 0.2) is 12.2 Å². The van der Waals surface area contributed by atoms with Crippen LogP contribution in [0.1, 0.15) is 71.6 Å². The molecule has 0 amide bonds. The number of hydrogen-bond donors (Lipinski definition) is 8. The second-order valence-corrected chi connectivity index (χ2v) is 15.2. The van der Waals surface area contributed by atoms with Gasteiger partial charge in [-0.1, -0.05) is 19.9 Å². The number of ether oxygens (including phenoxy) is 4. The van der Waals surface area contributed by atoms with Crippen LogP contribution < -0.4 is 0 Å². The van der Waals surface area contributed by atoms with Crippen molar-refractivity contribution in [2.24, 2.45) is 28.1 Å². The highest BCUT2D eigenvalue weighted by Gasteiger charge is 2.69. The van der Waals surface area contributed by atoms with Gasteiger partial charge in [0, 0.05) is 0 Å². The first-order valence-electron chi connectivity index (χ1n) is 16.3. The number of carboxylic acid groups (broad SMARTS) is 1. The molecule has 0 radical (unpaired) electrons. The zero-order valence-electron chi connectivity index (χ0n) is 26.0. The Bertz CT molecular complexity index is 1150. The van der Waals surface area contributed by atoms with Crippen molar-refractivity contribution in [3.05, 3.63) is 12.2 Å². The molecule has 0 aromatic carbocycles. The quantitative estimate of drug-likeness (QED) is 0.134. The third-order valence-corrected chi connectivity index (χ3v) is 12.9. The molecule has 13 nitrogen and oxygen atoms in total. The molecule has 2 aliphatic heterocycles. The maximum Gasteiger partial charge on any atom is 0.309 e. The molecule has 2 saturated heterocycles. The highest BCUT2D eigenvalue weighted by Crippen LogP contribution is 2.73. The topological polar surface area (TPSA) is 216 Å². The molecule has 256 valence electrons. The first-order chi connectivity index (χ1) is 21.2. The number of aliphatic hydroxyl groups excluding tert-OH is 7. The van der Waals surface area contributed by atoms with E-state index in [1.807, 2.05) is 6.92 Å². The SMILES string of the molecule is C=C1C[C@@]23CC[C@H]4[C@@](C)(CCC[C@@]4(C)C(=O)O)[C@@H]2CC[C@]1(O[C@H]1O[C@@H](CO)[C@H](O)[C@H](O)[C@@H]1O[C@@H]1O[C@H](CO)[C@@H](O)[C@@H](O)[C@@H]1O)C3. The number of rotatable bonds is 7. The average molecular weight is 643 g/mol. The van der Waals surface area contributed by atoms with Crippen LogP contribution >= 0.6 is 0 Å². The van der Waals surface area contributed by atoms with Crippen molar-refractivity contribution in [1.82, 2.24) is 0 Å². The average Bonchev–Trinajstić information content (AvgIpc) is 3.19. The summed E-state index contributed by atoms with van der Waals surface area (Å²) in [6, 6.07) is 0. The Morgan fingerprint density at radius 2 is 1.47 bits per heavy atom. The van der Waals surface area contributed by atoms with E-state index in [2.05, 4.69) is 13.5 Å². The van der Waals surface area contributed by atoms with Crippen LogP contribution in [-0.2, 0) is 23.7 Å². The Balaban J connectivity index is 1.26. The van der Waals surface area contributed by atoms with E-state index in [4.69, 9.17) is 18.9 Å². The minimum atomic E-state index is -1.76. The zero-order chi connectivity index (χ0) is 32.7. The number of carboxylic acids is 1. The van der Waals surface area contributed by atoms with Crippen molar-refractivity contribution < 1.29 is 64.6 Å². The summed E-state index contributed by atoms with van der Waals surface area (Å²) in [4.78, 5) is 12.5. The lowest BCUT2D eigenvalue weighted by molar-refractivity contribution is -0.378. The highest BCUT2D eigenvalue weighted by atomic mass is 16.8. The Labute approximate surface area is 262 Å². The van der Waals surface area contributed by atoms with E-state index in [-0.39, 0.29) is 22.7 Å². The van der Waals surface area contributed by atoms with Crippen LogP contribution in [0.5, 0.6) is 0 Å². The van der Waals surface area contributed by atoms with Crippen LogP contribution in [0.4, 0.5) is 0 Å². The van der Waals surface area contributed by atoms with Crippen molar-refractivity contribution in [2.45, 2.75) is 139 Å². The number of aliphatic hydroxyl groups is 7. The smallest absolute Gasteiger partial charge is 0.309 e. The van der Waals surface area contributed by atoms with Crippen molar-refractivity contribution in [3.8, 4) is 0 Å². The van der Waals surface area contributed by atoms with Crippen LogP contribution in [0.2, 0.25) is 0 Å². The lowest BCUT2D eigenvalue weighted by Crippen LogP contribution is -2.65. The summed E-state index contributed by atoms with van der Waals surface area (Å²) in [6.07, 6.45) is -8.44. The largest absolute Gasteiger partial charge is 0.481 e. The van der Waals surface area contributed by atoms with Crippen LogP contribution in [0.3, 0.4) is 0 Å². The molecule has 8 N–H and O–H groups in total. The second kappa shape index (κ2) is 11.7. The van der Waals surface area contributed by atoms with Gasteiger partial charge in [0.15, 0.2) is 12.6 Å². The number of aliphatic carboxylic acids is 1. The molecule has 6 rings (SSSR count). The van der Waals surface area contributed by atoms with Gasteiger partial charge >= 0.3 is 5.97 Å². The molecule has 1 spiro atoms. The van der Waals surface area contributed by atoms with Gasteiger partial charge in [-0.3, -0.25) is 4.79 Å². The highest BCUT2D eigenvalue weighted by molar-refractivity contribution is 5.75. The Kier molecular flexibility index (Phi) is 8.77. The standard InChI is InChI=1S/C32H50O13/c1-15-11-31-9-5-18-29(2,7-4-8-30(18,3)28(40)41)19(31)6-10-32(15,14-31)45-27-25(23(38)21(36)17(13-34)43-27)44-26-24(39)22(37)20(35)16(12-33)42-26/h16-27,33-39H,1,4-14H2,2-3H3,(H,40,41)/t16-,17+,18+,19+,20-,21+,22-,23+,24+,25+,26+,27-,29-,30-,31-,32+/m1/s1. The van der Waals surface area contributed by atoms with Gasteiger partial charge in [-0.2, -0.15) is 0 Å². The molecule has 16 atom stereocenters. The summed E-state index contributed by atoms with van der Waals surface area (Å²) in [5.41, 5.74) is -1.10. The van der Waals surface area contributed by atoms with Crippen molar-refractivity contribution in [2.75, 3.05) is 13.2 Å². The summed E-state index contributed by atoms with van der Waals surface area (Å²) in [7, 11) is 0. The van der Waals surface area contributed by atoms with Crippen molar-refractivity contribution in [3.63, 3.8) is 0 Å². The first-order valence-corrected chi connectivity index (χ1v) is 16.3. The first kappa shape index (κ1) is 33.7. The fourth-order valence-electron chi connectivity index (χ4n) is 10.6. The van der Waals surface area contributed by atoms with Gasteiger partial charge in [-0.05, 0) is 86.5 Å². The minimum Gasteiger partial charge on any atom is -0.481 e. The van der Waals surface area contributed by atoms with E-state index < -0.39 is 91.6 Å². The lowest BCUT2D eigenvalue weighted by atomic mass is 9.41. The van der Waals surface area contributed by atoms with Crippen LogP contribution in [0, 0.1) is 28.1 Å². The molecule has 4 aliphatic carbocycles. The van der Waals surface area contributed by atoms with E-state index in [9.17, 15) is 45.6 Å². The van der Waals surface area contributed by atoms with Gasteiger partial charge in [0.1, 0.15) is 48.8 Å². The van der Waals surface area contributed by atoms with Gasteiger partial charge in [0.05, 0.1) is 24.2 Å². The summed E-state index contributed by atoms with van der Waals surface area (Å²) < 4.78 is 24.1. The van der Waals surface area contributed by atoms with Gasteiger partial charge in [0.25, 0.3) is 0 Å². The molecule has 45 heavy (non-hydrogen) atoms. The molecule has 2 heterocycles. The molecular weight excluding hydrogens is 592 g/mol. The third kappa shape index (κ3) is 5.04. The number of hydrogen-bond acceptors (Lipinski definition) is 12. The zero-order valence-corrected chi connectivity index (χ0v) is 26.0. The van der Waals surface area contributed by atoms with Gasteiger partial charge < -0.3 is 59.8 Å². The van der Waals surface area contributed by atoms with Crippen LogP contribution in [-0.4, -0.2) is 127 Å². The van der Waals surface area contributed by atoms with E-state index in [0.29, 0.717) is 25.7 Å². The molecule has 6 aliphatic rings. The third-order valence-electron chi connectivity index (χ3n) is 12.9. The molecule has 0 aromatic rings. The predicted molar refractivity (Wildman–Crippen MR) is 154 cm³/mol. The van der Waals surface area contributed by atoms with E-state index in [1.165, 1.54) is 0 Å². The van der Waals surface area contributed by atoms with Crippen molar-refractivity contribution in [1.29, 1.82) is 0 Å². The normalized spacial score (nSPS) is 54.7. The van der Waals surface area contributed by atoms with E-state index in [0.717, 1.165) is 37.7 Å². The Morgan fingerprint density at radius 1 is 0.844 bits per heavy atom. The Hall–Kier alpha value is -1.23. The fraction of sp³-hybridized carbons (Fsp3) is 0.906. The second-order valence-electron chi connectivity index (χ2n) is 15.2. The van der Waals surface area contributed by atoms with Crippen LogP contribution in [0.25, 0.3) is 0 Å². The van der Waals surface area contributed by atoms with Gasteiger partial charge in [-0.15, -0.1) is 0 Å². The number of carbonyl (C=O) groups is 1. The molecule has 13 heteroatoms. The van der Waals surface area contributed by atoms with Gasteiger partial charge in [0.2, 0.25) is 0 Å². The molecule has 4 saturated carbocycles. The predicted octanol–water partition coefficient (Wildman–Crippen LogP) is -0.197. The van der Waals surface area contributed by atoms with E-state index >= 15 is 0 Å². The summed E-state index contributed by atoms with van der Waals surface area (Å²) in [5, 5.41) is 82.8. The summed E-state index contributed by atoms with van der Waals surface area (Å²) in [5.74, 6) is -0.392. The van der Waals surface area contributed by atoms with Crippen molar-refractivity contribution >= 4 is 5.97 Å². The molecular formula is C32H50O13. The molecule has 6 fully saturated rings. The number of fused-ring (bicyclic) bond motifs is 3. The fourth-order valence-corrected chi connectivity index (χ4v) is 10.6. The van der Waals surface area contributed by atoms with Gasteiger partial charge in [-0.25, -0.2) is 0 Å². The minimum absolute atomic E-state index is 0.0640.